The molecule has 1 aliphatic heterocycles. The molecule has 2 fully saturated rings. The summed E-state index contributed by atoms with van der Waals surface area (Å²) in [5.74, 6) is -1.06. The molecule has 0 unspecified atom stereocenters. The number of rotatable bonds is 4. The van der Waals surface area contributed by atoms with E-state index in [4.69, 9.17) is 4.74 Å². The van der Waals surface area contributed by atoms with Crippen LogP contribution < -0.4 is 10.1 Å². The lowest BCUT2D eigenvalue weighted by Crippen LogP contribution is -2.42. The first-order chi connectivity index (χ1) is 12.1. The van der Waals surface area contributed by atoms with Crippen LogP contribution in [0.4, 0.5) is 10.1 Å². The lowest BCUT2D eigenvalue weighted by molar-refractivity contribution is -0.141. The summed E-state index contributed by atoms with van der Waals surface area (Å²) in [7, 11) is 1.40. The minimum atomic E-state index is -0.520. The fourth-order valence-electron chi connectivity index (χ4n) is 3.89. The number of anilines is 1. The highest BCUT2D eigenvalue weighted by molar-refractivity contribution is 5.96. The maximum Gasteiger partial charge on any atom is 0.228 e. The second kappa shape index (κ2) is 7.85. The maximum absolute atomic E-state index is 13.8. The van der Waals surface area contributed by atoms with Gasteiger partial charge in [0, 0.05) is 36.7 Å². The zero-order chi connectivity index (χ0) is 17.8. The zero-order valence-electron chi connectivity index (χ0n) is 14.6. The molecule has 3 rings (SSSR count). The predicted molar refractivity (Wildman–Crippen MR) is 92.8 cm³/mol. The summed E-state index contributed by atoms with van der Waals surface area (Å²) in [6, 6.07) is 4.34. The lowest BCUT2D eigenvalue weighted by Gasteiger charge is -2.32. The summed E-state index contributed by atoms with van der Waals surface area (Å²) in [4.78, 5) is 27.4. The van der Waals surface area contributed by atoms with E-state index in [1.54, 1.807) is 6.07 Å². The number of hydrogen-bond acceptors (Lipinski definition) is 3. The molecule has 136 valence electrons. The molecule has 0 spiro atoms. The van der Waals surface area contributed by atoms with Crippen molar-refractivity contribution in [1.82, 2.24) is 4.90 Å². The van der Waals surface area contributed by atoms with E-state index in [0.717, 1.165) is 45.2 Å². The monoisotopic (exact) mass is 348 g/mol. The van der Waals surface area contributed by atoms with Gasteiger partial charge in [-0.3, -0.25) is 9.59 Å². The molecule has 5 nitrogen and oxygen atoms in total. The summed E-state index contributed by atoms with van der Waals surface area (Å²) < 4.78 is 18.7. The van der Waals surface area contributed by atoms with E-state index in [1.807, 2.05) is 4.90 Å². The van der Waals surface area contributed by atoms with Gasteiger partial charge in [0.05, 0.1) is 7.11 Å². The average molecular weight is 348 g/mol. The van der Waals surface area contributed by atoms with Crippen molar-refractivity contribution in [1.29, 1.82) is 0 Å². The third-order valence-electron chi connectivity index (χ3n) is 5.26. The van der Waals surface area contributed by atoms with Gasteiger partial charge in [-0.2, -0.15) is 0 Å². The van der Waals surface area contributed by atoms with Crippen molar-refractivity contribution in [2.75, 3.05) is 25.5 Å². The van der Waals surface area contributed by atoms with E-state index in [0.29, 0.717) is 12.1 Å². The van der Waals surface area contributed by atoms with E-state index >= 15 is 0 Å². The number of carbonyl (C=O) groups excluding carboxylic acids is 2. The quantitative estimate of drug-likeness (QED) is 0.909. The number of amides is 2. The van der Waals surface area contributed by atoms with E-state index < -0.39 is 5.82 Å². The van der Waals surface area contributed by atoms with Crippen LogP contribution >= 0.6 is 0 Å². The highest BCUT2D eigenvalue weighted by Gasteiger charge is 2.38. The number of benzene rings is 1. The number of nitrogens with zero attached hydrogens (tertiary/aromatic N) is 1. The molecule has 0 aromatic heterocycles. The molecule has 1 saturated heterocycles. The Morgan fingerprint density at radius 3 is 2.44 bits per heavy atom. The normalized spacial score (nSPS) is 23.4. The molecule has 25 heavy (non-hydrogen) atoms. The summed E-state index contributed by atoms with van der Waals surface area (Å²) >= 11 is 0. The zero-order valence-corrected chi connectivity index (χ0v) is 14.6. The molecule has 2 amide bonds. The molecular weight excluding hydrogens is 323 g/mol. The van der Waals surface area contributed by atoms with Crippen molar-refractivity contribution in [3.8, 4) is 5.75 Å². The van der Waals surface area contributed by atoms with Crippen LogP contribution in [0.15, 0.2) is 18.2 Å². The molecule has 6 heteroatoms. The maximum atomic E-state index is 13.8. The third-order valence-corrected chi connectivity index (χ3v) is 5.26. The fraction of sp³-hybridized carbons (Fsp3) is 0.579. The van der Waals surface area contributed by atoms with Crippen LogP contribution in [0, 0.1) is 17.7 Å². The van der Waals surface area contributed by atoms with Crippen molar-refractivity contribution >= 4 is 17.5 Å². The molecular formula is C19H25FN2O3. The highest BCUT2D eigenvalue weighted by Crippen LogP contribution is 2.33. The van der Waals surface area contributed by atoms with Crippen molar-refractivity contribution in [3.05, 3.63) is 24.0 Å². The van der Waals surface area contributed by atoms with Crippen LogP contribution in [0.3, 0.4) is 0 Å². The number of carbonyl (C=O) groups is 2. The van der Waals surface area contributed by atoms with Gasteiger partial charge in [-0.25, -0.2) is 4.39 Å². The Bertz CT molecular complexity index is 644. The summed E-state index contributed by atoms with van der Waals surface area (Å²) in [6.45, 7) is 1.60. The van der Waals surface area contributed by atoms with Crippen molar-refractivity contribution < 1.29 is 18.7 Å². The Balaban J connectivity index is 1.70. The Morgan fingerprint density at radius 1 is 1.12 bits per heavy atom. The predicted octanol–water partition coefficient (Wildman–Crippen LogP) is 3.20. The van der Waals surface area contributed by atoms with Crippen LogP contribution in [0.5, 0.6) is 5.75 Å². The van der Waals surface area contributed by atoms with Gasteiger partial charge in [-0.1, -0.05) is 12.8 Å². The summed E-state index contributed by atoms with van der Waals surface area (Å²) in [5.41, 5.74) is 0.390. The first-order valence-electron chi connectivity index (χ1n) is 9.03. The largest absolute Gasteiger partial charge is 0.494 e. The van der Waals surface area contributed by atoms with Crippen LogP contribution in [0.2, 0.25) is 0 Å². The minimum absolute atomic E-state index is 0.110. The van der Waals surface area contributed by atoms with Gasteiger partial charge in [0.25, 0.3) is 0 Å². The molecule has 1 aromatic rings. The third kappa shape index (κ3) is 3.94. The molecule has 2 aliphatic rings. The van der Waals surface area contributed by atoms with E-state index in [9.17, 15) is 14.0 Å². The van der Waals surface area contributed by atoms with Crippen LogP contribution in [-0.2, 0) is 9.59 Å². The van der Waals surface area contributed by atoms with Gasteiger partial charge < -0.3 is 15.0 Å². The molecule has 0 radical (unpaired) electrons. The first-order valence-corrected chi connectivity index (χ1v) is 9.03. The van der Waals surface area contributed by atoms with Crippen molar-refractivity contribution in [3.63, 3.8) is 0 Å². The van der Waals surface area contributed by atoms with Crippen molar-refractivity contribution in [2.24, 2.45) is 11.8 Å². The lowest BCUT2D eigenvalue weighted by atomic mass is 9.77. The number of halogens is 1. The standard InChI is InChI=1S/C19H25FN2O3/c1-25-17-9-8-13(12-16(17)20)21-18(23)14-6-2-3-7-15(14)19(24)22-10-4-5-11-22/h8-9,12,14-15H,2-7,10-11H2,1H3,(H,21,23)/t14-,15-/m0/s1. The van der Waals surface area contributed by atoms with Crippen LogP contribution in [-0.4, -0.2) is 36.9 Å². The molecule has 1 heterocycles. The smallest absolute Gasteiger partial charge is 0.228 e. The van der Waals surface area contributed by atoms with E-state index in [-0.39, 0.29) is 29.4 Å². The Hall–Kier alpha value is -2.11. The second-order valence-electron chi connectivity index (χ2n) is 6.87. The topological polar surface area (TPSA) is 58.6 Å². The Kier molecular flexibility index (Phi) is 5.56. The number of likely N-dealkylation sites (tertiary alicyclic amines) is 1. The van der Waals surface area contributed by atoms with Gasteiger partial charge in [-0.15, -0.1) is 0 Å². The first kappa shape index (κ1) is 17.7. The molecule has 0 bridgehead atoms. The minimum Gasteiger partial charge on any atom is -0.494 e. The highest BCUT2D eigenvalue weighted by atomic mass is 19.1. The van der Waals surface area contributed by atoms with Gasteiger partial charge in [0.1, 0.15) is 0 Å². The van der Waals surface area contributed by atoms with Gasteiger partial charge >= 0.3 is 0 Å². The summed E-state index contributed by atoms with van der Waals surface area (Å²) in [5, 5.41) is 2.77. The Labute approximate surface area is 147 Å². The van der Waals surface area contributed by atoms with Crippen LogP contribution in [0.25, 0.3) is 0 Å². The number of hydrogen-bond donors (Lipinski definition) is 1. The molecule has 1 aromatic carbocycles. The van der Waals surface area contributed by atoms with E-state index in [2.05, 4.69) is 5.32 Å². The van der Waals surface area contributed by atoms with Gasteiger partial charge in [0.2, 0.25) is 11.8 Å². The molecule has 1 saturated carbocycles. The van der Waals surface area contributed by atoms with Crippen LogP contribution in [0.1, 0.15) is 38.5 Å². The molecule has 1 aliphatic carbocycles. The van der Waals surface area contributed by atoms with Crippen molar-refractivity contribution in [2.45, 2.75) is 38.5 Å². The van der Waals surface area contributed by atoms with Gasteiger partial charge in [-0.05, 0) is 37.8 Å². The number of nitrogens with one attached hydrogen (secondary N) is 1. The SMILES string of the molecule is COc1ccc(NC(=O)[C@H]2CCCC[C@@H]2C(=O)N2CCCC2)cc1F. The fourth-order valence-corrected chi connectivity index (χ4v) is 3.89. The number of ether oxygens (including phenoxy) is 1. The second-order valence-corrected chi connectivity index (χ2v) is 6.87. The molecule has 2 atom stereocenters. The van der Waals surface area contributed by atoms with Gasteiger partial charge in [0.15, 0.2) is 11.6 Å². The Morgan fingerprint density at radius 2 is 1.80 bits per heavy atom. The summed E-state index contributed by atoms with van der Waals surface area (Å²) in [6.07, 6.45) is 5.46. The average Bonchev–Trinajstić information content (AvgIpc) is 3.16. The van der Waals surface area contributed by atoms with E-state index in [1.165, 1.54) is 19.2 Å². The molecule has 1 N–H and O–H groups in total. The number of methoxy groups -OCH3 is 1.